The van der Waals surface area contributed by atoms with Crippen molar-refractivity contribution in [3.63, 3.8) is 0 Å². The molecule has 7 heteroatoms. The molecule has 1 heterocycles. The van der Waals surface area contributed by atoms with E-state index in [2.05, 4.69) is 15.6 Å². The highest BCUT2D eigenvalue weighted by Crippen LogP contribution is 2.18. The average molecular weight is 271 g/mol. The van der Waals surface area contributed by atoms with E-state index in [9.17, 15) is 9.59 Å². The highest BCUT2D eigenvalue weighted by molar-refractivity contribution is 7.11. The fourth-order valence-corrected chi connectivity index (χ4v) is 2.20. The highest BCUT2D eigenvalue weighted by atomic mass is 32.1. The molecular weight excluding hydrogens is 254 g/mol. The van der Waals surface area contributed by atoms with Crippen molar-refractivity contribution in [2.45, 2.75) is 32.9 Å². The number of thiazole rings is 1. The Morgan fingerprint density at radius 1 is 1.56 bits per heavy atom. The Bertz CT molecular complexity index is 433. The molecule has 0 radical (unpaired) electrons. The van der Waals surface area contributed by atoms with E-state index < -0.39 is 12.0 Å². The van der Waals surface area contributed by atoms with Gasteiger partial charge in [-0.15, -0.1) is 11.3 Å². The van der Waals surface area contributed by atoms with Gasteiger partial charge in [0.1, 0.15) is 11.0 Å². The summed E-state index contributed by atoms with van der Waals surface area (Å²) in [5, 5.41) is 15.3. The van der Waals surface area contributed by atoms with Crippen LogP contribution in [0.2, 0.25) is 0 Å². The van der Waals surface area contributed by atoms with Gasteiger partial charge in [0.2, 0.25) is 5.91 Å². The maximum atomic E-state index is 10.9. The van der Waals surface area contributed by atoms with Gasteiger partial charge in [0.15, 0.2) is 0 Å². The second-order valence-electron chi connectivity index (χ2n) is 4.03. The normalized spacial score (nSPS) is 13.9. The second-order valence-corrected chi connectivity index (χ2v) is 5.30. The molecule has 0 saturated heterocycles. The van der Waals surface area contributed by atoms with Crippen LogP contribution in [0.4, 0.5) is 0 Å². The zero-order valence-electron chi connectivity index (χ0n) is 10.6. The molecule has 1 aromatic heterocycles. The first-order valence-corrected chi connectivity index (χ1v) is 6.37. The van der Waals surface area contributed by atoms with Gasteiger partial charge >= 0.3 is 5.97 Å². The van der Waals surface area contributed by atoms with Crippen LogP contribution in [0.3, 0.4) is 0 Å². The van der Waals surface area contributed by atoms with Crippen LogP contribution in [0, 0.1) is 6.92 Å². The second kappa shape index (κ2) is 6.46. The molecule has 18 heavy (non-hydrogen) atoms. The first kappa shape index (κ1) is 14.6. The molecule has 0 aliphatic carbocycles. The topological polar surface area (TPSA) is 91.3 Å². The van der Waals surface area contributed by atoms with Crippen molar-refractivity contribution in [3.05, 3.63) is 16.1 Å². The number of rotatable bonds is 6. The molecule has 0 saturated carbocycles. The lowest BCUT2D eigenvalue weighted by Gasteiger charge is -2.17. The quantitative estimate of drug-likeness (QED) is 0.708. The fourth-order valence-electron chi connectivity index (χ4n) is 1.40. The van der Waals surface area contributed by atoms with E-state index in [0.717, 1.165) is 9.88 Å². The number of nitrogens with zero attached hydrogens (tertiary/aromatic N) is 1. The number of aromatic nitrogens is 1. The maximum Gasteiger partial charge on any atom is 0.327 e. The smallest absolute Gasteiger partial charge is 0.327 e. The molecule has 0 spiro atoms. The molecule has 2 unspecified atom stereocenters. The number of nitrogens with one attached hydrogen (secondary N) is 2. The number of carboxylic acid groups (broad SMARTS) is 1. The number of aryl methyl sites for hydroxylation is 1. The van der Waals surface area contributed by atoms with Crippen LogP contribution in [-0.2, 0) is 9.59 Å². The zero-order valence-corrected chi connectivity index (χ0v) is 11.4. The van der Waals surface area contributed by atoms with Crippen LogP contribution < -0.4 is 10.6 Å². The van der Waals surface area contributed by atoms with Gasteiger partial charge in [0.25, 0.3) is 0 Å². The lowest BCUT2D eigenvalue weighted by Crippen LogP contribution is -2.46. The molecule has 3 N–H and O–H groups in total. The number of carbonyl (C=O) groups is 2. The van der Waals surface area contributed by atoms with Crippen molar-refractivity contribution in [1.82, 2.24) is 15.6 Å². The molecule has 0 aliphatic rings. The Hall–Kier alpha value is -1.47. The van der Waals surface area contributed by atoms with E-state index in [0.29, 0.717) is 0 Å². The Kier molecular flexibility index (Phi) is 5.24. The van der Waals surface area contributed by atoms with Crippen LogP contribution in [0.1, 0.15) is 29.8 Å². The van der Waals surface area contributed by atoms with E-state index in [1.165, 1.54) is 6.92 Å². The number of amides is 1. The van der Waals surface area contributed by atoms with E-state index in [-0.39, 0.29) is 18.5 Å². The van der Waals surface area contributed by atoms with Crippen LogP contribution in [-0.4, -0.2) is 34.6 Å². The summed E-state index contributed by atoms with van der Waals surface area (Å²) < 4.78 is 0. The molecule has 1 rings (SSSR count). The van der Waals surface area contributed by atoms with Gasteiger partial charge < -0.3 is 15.7 Å². The summed E-state index contributed by atoms with van der Waals surface area (Å²) in [4.78, 5) is 27.1. The predicted molar refractivity (Wildman–Crippen MR) is 68.5 cm³/mol. The first-order chi connectivity index (χ1) is 8.40. The Balaban J connectivity index is 2.51. The summed E-state index contributed by atoms with van der Waals surface area (Å²) in [7, 11) is 0. The third-order valence-corrected chi connectivity index (χ3v) is 3.41. The summed E-state index contributed by atoms with van der Waals surface area (Å²) in [6.45, 7) is 5.33. The lowest BCUT2D eigenvalue weighted by molar-refractivity contribution is -0.141. The molecule has 1 aromatic rings. The molecule has 0 aliphatic heterocycles. The number of hydrogen-bond acceptors (Lipinski definition) is 5. The summed E-state index contributed by atoms with van der Waals surface area (Å²) >= 11 is 1.56. The van der Waals surface area contributed by atoms with Crippen molar-refractivity contribution in [1.29, 1.82) is 0 Å². The van der Waals surface area contributed by atoms with Crippen LogP contribution >= 0.6 is 11.3 Å². The van der Waals surface area contributed by atoms with Crippen LogP contribution in [0.25, 0.3) is 0 Å². The largest absolute Gasteiger partial charge is 0.480 e. The van der Waals surface area contributed by atoms with Gasteiger partial charge in [0, 0.05) is 24.5 Å². The Morgan fingerprint density at radius 3 is 2.67 bits per heavy atom. The van der Waals surface area contributed by atoms with Gasteiger partial charge in [-0.25, -0.2) is 9.78 Å². The van der Waals surface area contributed by atoms with E-state index in [1.807, 2.05) is 13.8 Å². The molecule has 0 aromatic carbocycles. The van der Waals surface area contributed by atoms with Crippen molar-refractivity contribution in [2.24, 2.45) is 0 Å². The average Bonchev–Trinajstić information content (AvgIpc) is 2.69. The van der Waals surface area contributed by atoms with Crippen molar-refractivity contribution in [3.8, 4) is 0 Å². The van der Waals surface area contributed by atoms with E-state index in [1.54, 1.807) is 17.5 Å². The van der Waals surface area contributed by atoms with Crippen molar-refractivity contribution in [2.75, 3.05) is 6.54 Å². The lowest BCUT2D eigenvalue weighted by atomic mass is 10.2. The Labute approximate surface area is 109 Å². The molecule has 100 valence electrons. The number of hydrogen-bond donors (Lipinski definition) is 3. The van der Waals surface area contributed by atoms with E-state index in [4.69, 9.17) is 5.11 Å². The van der Waals surface area contributed by atoms with Gasteiger partial charge in [0.05, 0.1) is 6.04 Å². The standard InChI is InChI=1S/C11H17N3O3S/c1-6-4-13-10(18-6)7(2)12-5-9(11(16)17)14-8(3)15/h4,7,9,12H,5H2,1-3H3,(H,14,15)(H,16,17). The van der Waals surface area contributed by atoms with Gasteiger partial charge in [-0.05, 0) is 13.8 Å². The fraction of sp³-hybridized carbons (Fsp3) is 0.545. The van der Waals surface area contributed by atoms with Crippen LogP contribution in [0.5, 0.6) is 0 Å². The molecule has 0 fully saturated rings. The third-order valence-electron chi connectivity index (χ3n) is 2.31. The minimum absolute atomic E-state index is 0.0423. The maximum absolute atomic E-state index is 10.9. The molecule has 0 bridgehead atoms. The number of carbonyl (C=O) groups excluding carboxylic acids is 1. The first-order valence-electron chi connectivity index (χ1n) is 5.55. The zero-order chi connectivity index (χ0) is 13.7. The SMILES string of the molecule is CC(=O)NC(CNC(C)c1ncc(C)s1)C(=O)O. The highest BCUT2D eigenvalue weighted by Gasteiger charge is 2.19. The minimum atomic E-state index is -1.06. The predicted octanol–water partition coefficient (Wildman–Crippen LogP) is 0.691. The summed E-state index contributed by atoms with van der Waals surface area (Å²) in [6, 6.07) is -0.967. The number of carboxylic acids is 1. The molecule has 1 amide bonds. The number of aliphatic carboxylic acids is 1. The van der Waals surface area contributed by atoms with E-state index >= 15 is 0 Å². The third kappa shape index (κ3) is 4.42. The molecule has 6 nitrogen and oxygen atoms in total. The van der Waals surface area contributed by atoms with Gasteiger partial charge in [-0.1, -0.05) is 0 Å². The minimum Gasteiger partial charge on any atom is -0.480 e. The monoisotopic (exact) mass is 271 g/mol. The van der Waals surface area contributed by atoms with Crippen LogP contribution in [0.15, 0.2) is 6.20 Å². The van der Waals surface area contributed by atoms with Gasteiger partial charge in [-0.3, -0.25) is 4.79 Å². The summed E-state index contributed by atoms with van der Waals surface area (Å²) in [5.41, 5.74) is 0. The van der Waals surface area contributed by atoms with Crippen molar-refractivity contribution < 1.29 is 14.7 Å². The summed E-state index contributed by atoms with van der Waals surface area (Å²) in [6.07, 6.45) is 1.78. The molecular formula is C11H17N3O3S. The Morgan fingerprint density at radius 2 is 2.22 bits per heavy atom. The summed E-state index contributed by atoms with van der Waals surface area (Å²) in [5.74, 6) is -1.41. The van der Waals surface area contributed by atoms with Crippen molar-refractivity contribution >= 4 is 23.2 Å². The molecule has 2 atom stereocenters. The van der Waals surface area contributed by atoms with Gasteiger partial charge in [-0.2, -0.15) is 0 Å².